The quantitative estimate of drug-likeness (QED) is 0.266. The van der Waals surface area contributed by atoms with E-state index in [2.05, 4.69) is 53.3 Å². The largest absolute Gasteiger partial charge is 0.162 e. The van der Waals surface area contributed by atoms with Crippen LogP contribution >= 0.6 is 11.8 Å². The fourth-order valence-electron chi connectivity index (χ4n) is 6.36. The second kappa shape index (κ2) is 13.9. The summed E-state index contributed by atoms with van der Waals surface area (Å²) < 4.78 is 0. The second-order valence-corrected chi connectivity index (χ2v) is 14.7. The fourth-order valence-corrected chi connectivity index (χ4v) is 7.38. The van der Waals surface area contributed by atoms with Gasteiger partial charge in [-0.1, -0.05) is 106 Å². The van der Waals surface area contributed by atoms with Crippen LogP contribution in [0, 0.1) is 34.5 Å². The lowest BCUT2D eigenvalue weighted by atomic mass is 9.69. The first-order valence-corrected chi connectivity index (χ1v) is 15.4. The molecule has 0 radical (unpaired) electrons. The molecule has 0 saturated heterocycles. The van der Waals surface area contributed by atoms with Crippen molar-refractivity contribution in [3.05, 3.63) is 0 Å². The highest BCUT2D eigenvalue weighted by atomic mass is 32.2. The summed E-state index contributed by atoms with van der Waals surface area (Å²) in [5.41, 5.74) is 1.07. The van der Waals surface area contributed by atoms with E-state index in [1.807, 2.05) is 0 Å². The molecule has 0 amide bonds. The monoisotopic (exact) mass is 450 g/mol. The van der Waals surface area contributed by atoms with Gasteiger partial charge in [0, 0.05) is 0 Å². The van der Waals surface area contributed by atoms with E-state index in [-0.39, 0.29) is 0 Å². The van der Waals surface area contributed by atoms with Gasteiger partial charge in [0.25, 0.3) is 0 Å². The number of rotatable bonds is 12. The molecule has 0 unspecified atom stereocenters. The summed E-state index contributed by atoms with van der Waals surface area (Å²) in [5.74, 6) is 6.87. The van der Waals surface area contributed by atoms with Crippen molar-refractivity contribution in [1.82, 2.24) is 0 Å². The number of hydrogen-bond acceptors (Lipinski definition) is 1. The van der Waals surface area contributed by atoms with Gasteiger partial charge in [-0.05, 0) is 84.5 Å². The van der Waals surface area contributed by atoms with Crippen LogP contribution in [0.4, 0.5) is 0 Å². The molecule has 0 nitrogen and oxygen atoms in total. The van der Waals surface area contributed by atoms with Gasteiger partial charge in [0.2, 0.25) is 0 Å². The van der Waals surface area contributed by atoms with Gasteiger partial charge < -0.3 is 0 Å². The summed E-state index contributed by atoms with van der Waals surface area (Å²) in [5, 5.41) is 0. The van der Waals surface area contributed by atoms with Crippen LogP contribution in [0.2, 0.25) is 0 Å². The van der Waals surface area contributed by atoms with E-state index < -0.39 is 0 Å². The summed E-state index contributed by atoms with van der Waals surface area (Å²) in [6, 6.07) is 0. The summed E-state index contributed by atoms with van der Waals surface area (Å²) in [4.78, 5) is 0. The van der Waals surface area contributed by atoms with Crippen molar-refractivity contribution in [3.8, 4) is 0 Å². The van der Waals surface area contributed by atoms with Crippen LogP contribution in [0.25, 0.3) is 0 Å². The van der Waals surface area contributed by atoms with Crippen molar-refractivity contribution >= 4 is 11.8 Å². The van der Waals surface area contributed by atoms with Crippen molar-refractivity contribution in [2.24, 2.45) is 34.5 Å². The van der Waals surface area contributed by atoms with Crippen molar-refractivity contribution in [1.29, 1.82) is 0 Å². The number of thioether (sulfide) groups is 1. The van der Waals surface area contributed by atoms with Gasteiger partial charge in [0.15, 0.2) is 0 Å². The first kappa shape index (κ1) is 27.6. The minimum absolute atomic E-state index is 0.536. The molecular weight excluding hydrogens is 392 g/mol. The first-order chi connectivity index (χ1) is 14.7. The topological polar surface area (TPSA) is 0 Å². The molecule has 0 bridgehead atoms. The van der Waals surface area contributed by atoms with Gasteiger partial charge >= 0.3 is 0 Å². The standard InChI is InChI=1S/C30H58S/c1-29(2,3)27-19-15-25(16-20-27)13-9-7-11-23-31-24-12-8-10-14-26-17-21-28(22-18-26)30(4,5)6/h25-28H,7-24H2,1-6H3. The van der Waals surface area contributed by atoms with Crippen molar-refractivity contribution in [2.45, 2.75) is 144 Å². The summed E-state index contributed by atoms with van der Waals surface area (Å²) in [6.45, 7) is 14.6. The molecule has 0 heterocycles. The molecule has 184 valence electrons. The molecule has 0 aliphatic heterocycles. The fraction of sp³-hybridized carbons (Fsp3) is 1.00. The molecule has 0 spiro atoms. The van der Waals surface area contributed by atoms with E-state index in [1.54, 1.807) is 0 Å². The number of hydrogen-bond donors (Lipinski definition) is 0. The Balaban J connectivity index is 1.33. The van der Waals surface area contributed by atoms with Crippen LogP contribution in [0.5, 0.6) is 0 Å². The predicted octanol–water partition coefficient (Wildman–Crippen LogP) is 10.5. The molecular formula is C30H58S. The van der Waals surface area contributed by atoms with Gasteiger partial charge in [-0.25, -0.2) is 0 Å². The molecule has 0 N–H and O–H groups in total. The zero-order valence-electron chi connectivity index (χ0n) is 22.4. The lowest BCUT2D eigenvalue weighted by Crippen LogP contribution is -2.25. The number of unbranched alkanes of at least 4 members (excludes halogenated alkanes) is 4. The Hall–Kier alpha value is 0.350. The third-order valence-electron chi connectivity index (χ3n) is 8.95. The van der Waals surface area contributed by atoms with E-state index in [4.69, 9.17) is 0 Å². The molecule has 2 rings (SSSR count). The van der Waals surface area contributed by atoms with E-state index in [0.717, 1.165) is 23.7 Å². The molecule has 0 aromatic heterocycles. The Kier molecular flexibility index (Phi) is 12.4. The van der Waals surface area contributed by atoms with Crippen LogP contribution in [0.1, 0.15) is 144 Å². The average Bonchev–Trinajstić information content (AvgIpc) is 2.71. The molecule has 2 fully saturated rings. The zero-order valence-corrected chi connectivity index (χ0v) is 23.3. The van der Waals surface area contributed by atoms with Crippen molar-refractivity contribution in [2.75, 3.05) is 11.5 Å². The van der Waals surface area contributed by atoms with E-state index >= 15 is 0 Å². The maximum atomic E-state index is 2.44. The van der Waals surface area contributed by atoms with Crippen LogP contribution < -0.4 is 0 Å². The molecule has 2 saturated carbocycles. The Morgan fingerprint density at radius 3 is 1.16 bits per heavy atom. The molecule has 2 aliphatic carbocycles. The van der Waals surface area contributed by atoms with Crippen molar-refractivity contribution in [3.63, 3.8) is 0 Å². The SMILES string of the molecule is CC(C)(C)C1CCC(CCCCCSCCCCCC2CCC(C(C)(C)C)CC2)CC1. The van der Waals surface area contributed by atoms with Crippen LogP contribution in [0.15, 0.2) is 0 Å². The maximum Gasteiger partial charge on any atom is -0.00675 e. The van der Waals surface area contributed by atoms with E-state index in [0.29, 0.717) is 10.8 Å². The highest BCUT2D eigenvalue weighted by molar-refractivity contribution is 7.99. The summed E-state index contributed by atoms with van der Waals surface area (Å²) in [7, 11) is 0. The Labute approximate surface area is 201 Å². The molecule has 1 heteroatoms. The molecule has 0 aromatic carbocycles. The minimum atomic E-state index is 0.536. The lowest BCUT2D eigenvalue weighted by Gasteiger charge is -2.37. The Bertz CT molecular complexity index is 396. The first-order valence-electron chi connectivity index (χ1n) is 14.2. The van der Waals surface area contributed by atoms with Gasteiger partial charge in [-0.2, -0.15) is 11.8 Å². The minimum Gasteiger partial charge on any atom is -0.162 e. The lowest BCUT2D eigenvalue weighted by molar-refractivity contribution is 0.145. The average molecular weight is 451 g/mol. The van der Waals surface area contributed by atoms with E-state index in [9.17, 15) is 0 Å². The normalized spacial score (nSPS) is 28.1. The molecule has 2 aliphatic rings. The Morgan fingerprint density at radius 2 is 0.839 bits per heavy atom. The molecule has 0 aromatic rings. The zero-order chi connectivity index (χ0) is 22.7. The molecule has 0 atom stereocenters. The molecule has 31 heavy (non-hydrogen) atoms. The summed E-state index contributed by atoms with van der Waals surface area (Å²) >= 11 is 2.23. The summed E-state index contributed by atoms with van der Waals surface area (Å²) in [6.07, 6.45) is 23.9. The van der Waals surface area contributed by atoms with Gasteiger partial charge in [0.1, 0.15) is 0 Å². The highest BCUT2D eigenvalue weighted by Gasteiger charge is 2.30. The van der Waals surface area contributed by atoms with Gasteiger partial charge in [0.05, 0.1) is 0 Å². The maximum absolute atomic E-state index is 2.44. The van der Waals surface area contributed by atoms with Gasteiger partial charge in [-0.3, -0.25) is 0 Å². The van der Waals surface area contributed by atoms with Crippen molar-refractivity contribution < 1.29 is 0 Å². The Morgan fingerprint density at radius 1 is 0.484 bits per heavy atom. The third-order valence-corrected chi connectivity index (χ3v) is 10.1. The van der Waals surface area contributed by atoms with Crippen LogP contribution in [0.3, 0.4) is 0 Å². The van der Waals surface area contributed by atoms with Gasteiger partial charge in [-0.15, -0.1) is 0 Å². The smallest absolute Gasteiger partial charge is 0.00675 e. The van der Waals surface area contributed by atoms with Crippen LogP contribution in [-0.2, 0) is 0 Å². The second-order valence-electron chi connectivity index (χ2n) is 13.5. The highest BCUT2D eigenvalue weighted by Crippen LogP contribution is 2.42. The third kappa shape index (κ3) is 11.4. The predicted molar refractivity (Wildman–Crippen MR) is 144 cm³/mol. The van der Waals surface area contributed by atoms with Crippen LogP contribution in [-0.4, -0.2) is 11.5 Å². The van der Waals surface area contributed by atoms with E-state index in [1.165, 1.54) is 114 Å².